The van der Waals surface area contributed by atoms with Crippen molar-refractivity contribution in [2.75, 3.05) is 0 Å². The van der Waals surface area contributed by atoms with Gasteiger partial charge >= 0.3 is 0 Å². The van der Waals surface area contributed by atoms with Gasteiger partial charge in [-0.1, -0.05) is 12.1 Å². The van der Waals surface area contributed by atoms with E-state index in [1.165, 1.54) is 17.8 Å². The van der Waals surface area contributed by atoms with Crippen LogP contribution in [-0.4, -0.2) is 29.9 Å². The van der Waals surface area contributed by atoms with Crippen molar-refractivity contribution in [1.29, 1.82) is 0 Å². The van der Waals surface area contributed by atoms with Crippen molar-refractivity contribution in [1.82, 2.24) is 10.6 Å². The van der Waals surface area contributed by atoms with Crippen LogP contribution in [0.2, 0.25) is 0 Å². The lowest BCUT2D eigenvalue weighted by atomic mass is 9.95. The number of carbonyl (C=O) groups is 2. The maximum atomic E-state index is 12.5. The molecule has 2 amide bonds. The quantitative estimate of drug-likeness (QED) is 0.796. The minimum Gasteiger partial charge on any atom is -0.366 e. The molecular weight excluding hydrogens is 322 g/mol. The summed E-state index contributed by atoms with van der Waals surface area (Å²) in [4.78, 5) is 25.3. The van der Waals surface area contributed by atoms with Gasteiger partial charge in [0.1, 0.15) is 0 Å². The fraction of sp³-hybridized carbons (Fsp3) is 0.333. The van der Waals surface area contributed by atoms with Crippen LogP contribution >= 0.6 is 11.3 Å². The number of nitrogens with two attached hydrogens (primary N) is 1. The van der Waals surface area contributed by atoms with Crippen LogP contribution in [0.25, 0.3) is 10.4 Å². The Bertz CT molecular complexity index is 784. The van der Waals surface area contributed by atoms with Crippen molar-refractivity contribution in [2.24, 2.45) is 5.73 Å². The van der Waals surface area contributed by atoms with Crippen LogP contribution < -0.4 is 16.4 Å². The second-order valence-electron chi connectivity index (χ2n) is 6.47. The molecule has 2 aliphatic heterocycles. The van der Waals surface area contributed by atoms with Crippen molar-refractivity contribution in [3.8, 4) is 10.4 Å². The van der Waals surface area contributed by atoms with Gasteiger partial charge in [0.05, 0.1) is 4.88 Å². The lowest BCUT2D eigenvalue weighted by Crippen LogP contribution is -2.42. The Morgan fingerprint density at radius 1 is 1.12 bits per heavy atom. The number of primary amides is 1. The highest BCUT2D eigenvalue weighted by Crippen LogP contribution is 2.30. The highest BCUT2D eigenvalue weighted by atomic mass is 32.1. The van der Waals surface area contributed by atoms with E-state index < -0.39 is 5.91 Å². The molecule has 2 aliphatic rings. The molecule has 24 heavy (non-hydrogen) atoms. The van der Waals surface area contributed by atoms with Gasteiger partial charge in [0.25, 0.3) is 5.91 Å². The molecule has 3 heterocycles. The second-order valence-corrected chi connectivity index (χ2v) is 7.55. The van der Waals surface area contributed by atoms with Crippen molar-refractivity contribution >= 4 is 23.2 Å². The van der Waals surface area contributed by atoms with E-state index in [0.29, 0.717) is 22.5 Å². The SMILES string of the molecule is NC(=O)c1ccc(-c2ccc(C(=O)N[C@@H]3C[C@@H]4CC[C@@H]3N4)s2)cc1. The van der Waals surface area contributed by atoms with E-state index in [1.807, 2.05) is 24.3 Å². The summed E-state index contributed by atoms with van der Waals surface area (Å²) in [5.74, 6) is -0.438. The molecule has 4 N–H and O–H groups in total. The fourth-order valence-electron chi connectivity index (χ4n) is 3.64. The number of hydrogen-bond acceptors (Lipinski definition) is 4. The molecular formula is C18H19N3O2S. The van der Waals surface area contributed by atoms with Crippen LogP contribution in [0, 0.1) is 0 Å². The Morgan fingerprint density at radius 3 is 2.54 bits per heavy atom. The number of benzene rings is 1. The first-order chi connectivity index (χ1) is 11.6. The van der Waals surface area contributed by atoms with E-state index in [0.717, 1.165) is 23.3 Å². The third-order valence-corrected chi connectivity index (χ3v) is 6.03. The van der Waals surface area contributed by atoms with Gasteiger partial charge in [0, 0.05) is 28.6 Å². The third kappa shape index (κ3) is 2.83. The van der Waals surface area contributed by atoms with Gasteiger partial charge < -0.3 is 16.4 Å². The fourth-order valence-corrected chi connectivity index (χ4v) is 4.55. The summed E-state index contributed by atoms with van der Waals surface area (Å²) in [6.45, 7) is 0. The molecule has 5 nitrogen and oxygen atoms in total. The average Bonchev–Trinajstić information content (AvgIpc) is 3.31. The molecule has 0 unspecified atom stereocenters. The van der Waals surface area contributed by atoms with Gasteiger partial charge in [-0.15, -0.1) is 11.3 Å². The van der Waals surface area contributed by atoms with Gasteiger partial charge in [-0.2, -0.15) is 0 Å². The Labute approximate surface area is 144 Å². The zero-order valence-electron chi connectivity index (χ0n) is 13.1. The van der Waals surface area contributed by atoms with Gasteiger partial charge in [-0.25, -0.2) is 0 Å². The number of amides is 2. The highest BCUT2D eigenvalue weighted by molar-refractivity contribution is 7.17. The molecule has 0 radical (unpaired) electrons. The van der Waals surface area contributed by atoms with Crippen LogP contribution in [0.15, 0.2) is 36.4 Å². The van der Waals surface area contributed by atoms with Gasteiger partial charge in [-0.05, 0) is 49.1 Å². The molecule has 0 spiro atoms. The van der Waals surface area contributed by atoms with E-state index in [2.05, 4.69) is 10.6 Å². The standard InChI is InChI=1S/C18H19N3O2S/c19-17(22)11-3-1-10(2-4-11)15-7-8-16(24-15)18(23)21-14-9-12-5-6-13(14)20-12/h1-4,7-8,12-14,20H,5-6,9H2,(H2,19,22)(H,21,23)/t12-,13-,14+/m0/s1. The number of rotatable bonds is 4. The Hall–Kier alpha value is -2.18. The first-order valence-electron chi connectivity index (χ1n) is 8.17. The third-order valence-electron chi connectivity index (χ3n) is 4.90. The Kier molecular flexibility index (Phi) is 3.86. The largest absolute Gasteiger partial charge is 0.366 e. The monoisotopic (exact) mass is 341 g/mol. The predicted molar refractivity (Wildman–Crippen MR) is 94.1 cm³/mol. The smallest absolute Gasteiger partial charge is 0.261 e. The first kappa shape index (κ1) is 15.4. The van der Waals surface area contributed by atoms with Crippen LogP contribution in [0.3, 0.4) is 0 Å². The summed E-state index contributed by atoms with van der Waals surface area (Å²) in [6.07, 6.45) is 3.40. The van der Waals surface area contributed by atoms with Crippen LogP contribution in [0.4, 0.5) is 0 Å². The Balaban J connectivity index is 1.46. The van der Waals surface area contributed by atoms with E-state index in [-0.39, 0.29) is 11.9 Å². The summed E-state index contributed by atoms with van der Waals surface area (Å²) in [7, 11) is 0. The van der Waals surface area contributed by atoms with Crippen molar-refractivity contribution in [3.63, 3.8) is 0 Å². The molecule has 2 bridgehead atoms. The molecule has 6 heteroatoms. The maximum absolute atomic E-state index is 12.5. The normalized spacial score (nSPS) is 24.9. The average molecular weight is 341 g/mol. The maximum Gasteiger partial charge on any atom is 0.261 e. The summed E-state index contributed by atoms with van der Waals surface area (Å²) in [5.41, 5.74) is 6.72. The number of hydrogen-bond donors (Lipinski definition) is 3. The molecule has 4 rings (SSSR count). The molecule has 0 saturated carbocycles. The molecule has 2 aromatic rings. The molecule has 3 atom stereocenters. The second kappa shape index (κ2) is 6.03. The van der Waals surface area contributed by atoms with Crippen molar-refractivity contribution in [3.05, 3.63) is 46.8 Å². The van der Waals surface area contributed by atoms with Gasteiger partial charge in [0.2, 0.25) is 5.91 Å². The summed E-state index contributed by atoms with van der Waals surface area (Å²) in [6, 6.07) is 12.2. The highest BCUT2D eigenvalue weighted by Gasteiger charge is 2.39. The van der Waals surface area contributed by atoms with Crippen LogP contribution in [0.1, 0.15) is 39.3 Å². The zero-order valence-corrected chi connectivity index (χ0v) is 13.9. The molecule has 2 saturated heterocycles. The molecule has 124 valence electrons. The van der Waals surface area contributed by atoms with E-state index >= 15 is 0 Å². The number of thiophene rings is 1. The lowest BCUT2D eigenvalue weighted by Gasteiger charge is -2.20. The van der Waals surface area contributed by atoms with Gasteiger partial charge in [0.15, 0.2) is 0 Å². The minimum atomic E-state index is -0.438. The van der Waals surface area contributed by atoms with E-state index in [4.69, 9.17) is 5.73 Å². The number of fused-ring (bicyclic) bond motifs is 2. The minimum absolute atomic E-state index is 0.000596. The summed E-state index contributed by atoms with van der Waals surface area (Å²) >= 11 is 1.46. The molecule has 1 aromatic carbocycles. The van der Waals surface area contributed by atoms with Crippen molar-refractivity contribution in [2.45, 2.75) is 37.4 Å². The van der Waals surface area contributed by atoms with E-state index in [9.17, 15) is 9.59 Å². The number of carbonyl (C=O) groups excluding carboxylic acids is 2. The van der Waals surface area contributed by atoms with E-state index in [1.54, 1.807) is 12.1 Å². The van der Waals surface area contributed by atoms with Crippen LogP contribution in [-0.2, 0) is 0 Å². The summed E-state index contributed by atoms with van der Waals surface area (Å²) in [5, 5.41) is 6.69. The van der Waals surface area contributed by atoms with Gasteiger partial charge in [-0.3, -0.25) is 9.59 Å². The first-order valence-corrected chi connectivity index (χ1v) is 8.99. The zero-order chi connectivity index (χ0) is 16.7. The summed E-state index contributed by atoms with van der Waals surface area (Å²) < 4.78 is 0. The topological polar surface area (TPSA) is 84.2 Å². The number of nitrogens with one attached hydrogen (secondary N) is 2. The molecule has 0 aliphatic carbocycles. The molecule has 2 fully saturated rings. The molecule has 1 aromatic heterocycles. The predicted octanol–water partition coefficient (Wildman–Crippen LogP) is 2.14. The lowest BCUT2D eigenvalue weighted by molar-refractivity contribution is 0.0934. The Morgan fingerprint density at radius 2 is 1.92 bits per heavy atom. The van der Waals surface area contributed by atoms with Crippen LogP contribution in [0.5, 0.6) is 0 Å². The van der Waals surface area contributed by atoms with Crippen molar-refractivity contribution < 1.29 is 9.59 Å².